The van der Waals surface area contributed by atoms with Gasteiger partial charge in [0.15, 0.2) is 5.75 Å². The first kappa shape index (κ1) is 28.4. The second-order valence-electron chi connectivity index (χ2n) is 6.29. The summed E-state index contributed by atoms with van der Waals surface area (Å²) in [6, 6.07) is 13.5. The van der Waals surface area contributed by atoms with Gasteiger partial charge in [-0.05, 0) is 54.1 Å². The molecular formula is C19H27N3O8P3S+. The van der Waals surface area contributed by atoms with E-state index in [1.165, 1.54) is 16.9 Å². The smallest absolute Gasteiger partial charge is 0.497 e. The average molecular weight is 550 g/mol. The Morgan fingerprint density at radius 3 is 1.74 bits per heavy atom. The maximum absolute atomic E-state index is 13.1. The van der Waals surface area contributed by atoms with Crippen molar-refractivity contribution in [3.05, 3.63) is 54.1 Å². The van der Waals surface area contributed by atoms with Gasteiger partial charge in [0.05, 0.1) is 26.1 Å². The van der Waals surface area contributed by atoms with Gasteiger partial charge in [0.2, 0.25) is 11.8 Å². The van der Waals surface area contributed by atoms with E-state index in [0.717, 1.165) is 44.2 Å². The zero-order valence-corrected chi connectivity index (χ0v) is 23.1. The van der Waals surface area contributed by atoms with Gasteiger partial charge in [0.25, 0.3) is 0 Å². The number of ether oxygens (including phenoxy) is 1. The lowest BCUT2D eigenvalue weighted by molar-refractivity contribution is 0.255. The summed E-state index contributed by atoms with van der Waals surface area (Å²) in [5.74, 6) is 1.17. The second kappa shape index (κ2) is 12.7. The summed E-state index contributed by atoms with van der Waals surface area (Å²) in [6.07, 6.45) is 1.66. The van der Waals surface area contributed by atoms with E-state index in [2.05, 4.69) is 5.10 Å². The van der Waals surface area contributed by atoms with Crippen LogP contribution in [0.3, 0.4) is 0 Å². The van der Waals surface area contributed by atoms with Crippen LogP contribution < -0.4 is 13.7 Å². The molecule has 0 N–H and O–H groups in total. The molecule has 11 nitrogen and oxygen atoms in total. The molecule has 0 aromatic heterocycles. The van der Waals surface area contributed by atoms with Gasteiger partial charge in [-0.3, -0.25) is 22.6 Å². The van der Waals surface area contributed by atoms with Gasteiger partial charge < -0.3 is 4.74 Å². The standard InChI is InChI=1S/C19H27N3O8P3S/c1-21(20-15-16-7-11-18(25-2)12-8-16)31(34)30-19-13-9-17(10-14-19)22(32(23,26-3)27-4)33(24,28-5)29-6/h7-15H,1-6H3/q+1/b20-15+. The highest BCUT2D eigenvalue weighted by atomic mass is 32.4. The molecule has 0 fully saturated rings. The molecule has 0 spiro atoms. The van der Waals surface area contributed by atoms with Crippen molar-refractivity contribution in [2.45, 2.75) is 0 Å². The van der Waals surface area contributed by atoms with E-state index >= 15 is 0 Å². The minimum absolute atomic E-state index is 0.200. The molecule has 0 aliphatic rings. The van der Waals surface area contributed by atoms with Crippen molar-refractivity contribution < 1.29 is 36.5 Å². The van der Waals surface area contributed by atoms with E-state index < -0.39 is 22.6 Å². The fourth-order valence-corrected chi connectivity index (χ4v) is 7.19. The van der Waals surface area contributed by atoms with Crippen LogP contribution in [0, 0.1) is 0 Å². The van der Waals surface area contributed by atoms with Crippen molar-refractivity contribution in [1.82, 2.24) is 4.78 Å². The van der Waals surface area contributed by atoms with E-state index in [1.54, 1.807) is 32.5 Å². The first-order valence-corrected chi connectivity index (χ1v) is 14.8. The Kier molecular flexibility index (Phi) is 10.6. The van der Waals surface area contributed by atoms with Crippen LogP contribution in [0.2, 0.25) is 0 Å². The molecule has 0 heterocycles. The molecule has 2 rings (SSSR count). The fraction of sp³-hybridized carbons (Fsp3) is 0.316. The number of nitrogens with zero attached hydrogens (tertiary/aromatic N) is 3. The lowest BCUT2D eigenvalue weighted by Crippen LogP contribution is -2.20. The molecule has 2 aromatic rings. The first-order valence-electron chi connectivity index (χ1n) is 9.57. The van der Waals surface area contributed by atoms with Gasteiger partial charge in [-0.25, -0.2) is 9.13 Å². The summed E-state index contributed by atoms with van der Waals surface area (Å²) in [5.41, 5.74) is 1.07. The number of benzene rings is 2. The predicted molar refractivity (Wildman–Crippen MR) is 135 cm³/mol. The van der Waals surface area contributed by atoms with Crippen LogP contribution in [0.1, 0.15) is 5.56 Å². The van der Waals surface area contributed by atoms with Crippen LogP contribution >= 0.6 is 22.6 Å². The quantitative estimate of drug-likeness (QED) is 0.181. The molecular weight excluding hydrogens is 523 g/mol. The maximum atomic E-state index is 13.1. The molecule has 15 heteroatoms. The molecule has 0 aliphatic heterocycles. The Morgan fingerprint density at radius 2 is 1.29 bits per heavy atom. The third kappa shape index (κ3) is 6.84. The normalized spacial score (nSPS) is 12.5. The number of hydrazone groups is 1. The third-order valence-corrected chi connectivity index (χ3v) is 10.8. The van der Waals surface area contributed by atoms with Crippen molar-refractivity contribution in [3.63, 3.8) is 0 Å². The van der Waals surface area contributed by atoms with Gasteiger partial charge in [0, 0.05) is 28.4 Å². The Bertz CT molecular complexity index is 1040. The molecule has 0 aliphatic carbocycles. The predicted octanol–water partition coefficient (Wildman–Crippen LogP) is 5.42. The van der Waals surface area contributed by atoms with Crippen LogP contribution in [0.4, 0.5) is 5.69 Å². The van der Waals surface area contributed by atoms with Crippen LogP contribution in [-0.2, 0) is 39.0 Å². The van der Waals surface area contributed by atoms with E-state index in [9.17, 15) is 9.13 Å². The van der Waals surface area contributed by atoms with Gasteiger partial charge in [-0.2, -0.15) is 4.44 Å². The highest BCUT2D eigenvalue weighted by Crippen LogP contribution is 2.69. The number of anilines is 1. The van der Waals surface area contributed by atoms with Crippen LogP contribution in [0.15, 0.2) is 53.6 Å². The molecule has 186 valence electrons. The number of hydrogen-bond donors (Lipinski definition) is 0. The van der Waals surface area contributed by atoms with Crippen molar-refractivity contribution in [2.75, 3.05) is 47.0 Å². The first-order chi connectivity index (χ1) is 16.2. The lowest BCUT2D eigenvalue weighted by Gasteiger charge is -2.33. The summed E-state index contributed by atoms with van der Waals surface area (Å²) < 4.78 is 59.5. The monoisotopic (exact) mass is 550 g/mol. The largest absolute Gasteiger partial charge is 0.540 e. The van der Waals surface area contributed by atoms with E-state index in [0.29, 0.717) is 5.75 Å². The van der Waals surface area contributed by atoms with Crippen LogP contribution in [0.25, 0.3) is 0 Å². The van der Waals surface area contributed by atoms with Crippen molar-refractivity contribution >= 4 is 46.3 Å². The Balaban J connectivity index is 2.18. The highest BCUT2D eigenvalue weighted by Gasteiger charge is 2.46. The van der Waals surface area contributed by atoms with Crippen molar-refractivity contribution in [2.24, 2.45) is 5.10 Å². The van der Waals surface area contributed by atoms with E-state index in [4.69, 9.17) is 39.2 Å². The molecule has 1 unspecified atom stereocenters. The summed E-state index contributed by atoms with van der Waals surface area (Å²) >= 11 is 5.43. The maximum Gasteiger partial charge on any atom is 0.540 e. The van der Waals surface area contributed by atoms with Crippen molar-refractivity contribution in [1.29, 1.82) is 0 Å². The number of methoxy groups -OCH3 is 1. The van der Waals surface area contributed by atoms with Gasteiger partial charge in [0.1, 0.15) is 5.75 Å². The summed E-state index contributed by atoms with van der Waals surface area (Å²) in [7, 11) is -1.66. The Labute approximate surface area is 205 Å². The van der Waals surface area contributed by atoms with Crippen molar-refractivity contribution in [3.8, 4) is 11.5 Å². The molecule has 0 amide bonds. The summed E-state index contributed by atoms with van der Waals surface area (Å²) in [4.78, 5) is 0. The lowest BCUT2D eigenvalue weighted by atomic mass is 10.2. The summed E-state index contributed by atoms with van der Waals surface area (Å²) in [5, 5.41) is 4.32. The molecule has 0 radical (unpaired) electrons. The average Bonchev–Trinajstić information content (AvgIpc) is 2.88. The van der Waals surface area contributed by atoms with Gasteiger partial charge in [-0.1, -0.05) is 4.78 Å². The molecule has 1 atom stereocenters. The third-order valence-electron chi connectivity index (χ3n) is 4.36. The van der Waals surface area contributed by atoms with Gasteiger partial charge in [-0.15, -0.1) is 5.10 Å². The Morgan fingerprint density at radius 1 is 0.824 bits per heavy atom. The fourth-order valence-electron chi connectivity index (χ4n) is 2.55. The molecule has 0 saturated carbocycles. The molecule has 34 heavy (non-hydrogen) atoms. The van der Waals surface area contributed by atoms with Crippen LogP contribution in [-0.4, -0.2) is 53.6 Å². The zero-order valence-electron chi connectivity index (χ0n) is 19.6. The molecule has 2 aromatic carbocycles. The number of rotatable bonds is 13. The Hall–Kier alpha value is -1.87. The van der Waals surface area contributed by atoms with Gasteiger partial charge >= 0.3 is 22.6 Å². The number of hydrogen-bond acceptors (Lipinski definition) is 10. The van der Waals surface area contributed by atoms with E-state index in [1.807, 2.05) is 24.3 Å². The minimum Gasteiger partial charge on any atom is -0.497 e. The molecule has 0 bridgehead atoms. The topological polar surface area (TPSA) is 108 Å². The summed E-state index contributed by atoms with van der Waals surface area (Å²) in [6.45, 7) is 0. The molecule has 0 saturated heterocycles. The zero-order chi connectivity index (χ0) is 25.4. The highest BCUT2D eigenvalue weighted by molar-refractivity contribution is 8.02. The SMILES string of the molecule is COc1ccc(/C=N/N(C)[P+](=S)Oc2ccc(N(P(=O)(OC)OC)P(=O)(OC)OC)cc2)cc1. The van der Waals surface area contributed by atoms with Crippen LogP contribution in [0.5, 0.6) is 11.5 Å². The second-order valence-corrected chi connectivity index (χ2v) is 12.9. The van der Waals surface area contributed by atoms with E-state index in [-0.39, 0.29) is 5.69 Å². The minimum atomic E-state index is -4.04.